The average molecular weight is 250 g/mol. The number of halogens is 4. The summed E-state index contributed by atoms with van der Waals surface area (Å²) in [6.45, 7) is 0. The van der Waals surface area contributed by atoms with Crippen LogP contribution in [0.1, 0.15) is 0 Å². The van der Waals surface area contributed by atoms with Crippen LogP contribution in [-0.2, 0) is 10.0 Å². The highest BCUT2D eigenvalue weighted by molar-refractivity contribution is 7.95. The van der Waals surface area contributed by atoms with Gasteiger partial charge in [-0.2, -0.15) is 17.6 Å². The molecule has 0 saturated carbocycles. The standard InChI is InChI=1S/C3F4N3O2S2/c4-1-8-9-2(13-1)10-14(11,12)3(5,6)7/q-1. The van der Waals surface area contributed by atoms with Gasteiger partial charge < -0.3 is 9.82 Å². The van der Waals surface area contributed by atoms with Crippen molar-refractivity contribution in [1.82, 2.24) is 10.2 Å². The molecule has 14 heavy (non-hydrogen) atoms. The van der Waals surface area contributed by atoms with E-state index in [2.05, 4.69) is 14.9 Å². The van der Waals surface area contributed by atoms with Crippen LogP contribution in [-0.4, -0.2) is 24.1 Å². The fourth-order valence-electron chi connectivity index (χ4n) is 0.390. The number of aromatic nitrogens is 2. The first-order valence-corrected chi connectivity index (χ1v) is 5.01. The van der Waals surface area contributed by atoms with Gasteiger partial charge in [-0.25, -0.2) is 13.5 Å². The summed E-state index contributed by atoms with van der Waals surface area (Å²) >= 11 is -0.00400. The molecule has 0 amide bonds. The fraction of sp³-hybridized carbons (Fsp3) is 0.333. The minimum absolute atomic E-state index is 0.00400. The summed E-state index contributed by atoms with van der Waals surface area (Å²) in [6, 6.07) is 0. The molecule has 11 heteroatoms. The number of nitrogens with zero attached hydrogens (tertiary/aromatic N) is 3. The van der Waals surface area contributed by atoms with Gasteiger partial charge in [0.15, 0.2) is 0 Å². The molecule has 5 nitrogen and oxygen atoms in total. The van der Waals surface area contributed by atoms with Gasteiger partial charge >= 0.3 is 5.51 Å². The first-order chi connectivity index (χ1) is 6.22. The molecule has 0 radical (unpaired) electrons. The Balaban J connectivity index is 2.90. The molecule has 0 aliphatic carbocycles. The van der Waals surface area contributed by atoms with Crippen molar-refractivity contribution in [3.8, 4) is 0 Å². The van der Waals surface area contributed by atoms with E-state index in [4.69, 9.17) is 0 Å². The Morgan fingerprint density at radius 2 is 1.86 bits per heavy atom. The molecule has 1 heterocycles. The molecule has 0 fully saturated rings. The smallest absolute Gasteiger partial charge is 0.339 e. The highest BCUT2D eigenvalue weighted by Crippen LogP contribution is 2.34. The van der Waals surface area contributed by atoms with E-state index >= 15 is 0 Å². The summed E-state index contributed by atoms with van der Waals surface area (Å²) in [6.07, 6.45) is 0. The van der Waals surface area contributed by atoms with Gasteiger partial charge in [-0.15, -0.1) is 0 Å². The molecule has 0 spiro atoms. The number of hydrogen-bond donors (Lipinski definition) is 0. The van der Waals surface area contributed by atoms with Crippen molar-refractivity contribution in [1.29, 1.82) is 0 Å². The zero-order chi connectivity index (χ0) is 11.0. The van der Waals surface area contributed by atoms with Gasteiger partial charge in [0, 0.05) is 5.13 Å². The molecule has 0 aliphatic rings. The third-order valence-corrected chi connectivity index (χ3v) is 2.60. The maximum absolute atomic E-state index is 12.1. The number of alkyl halides is 3. The monoisotopic (exact) mass is 250 g/mol. The number of sulfonamides is 1. The van der Waals surface area contributed by atoms with Crippen LogP contribution < -0.4 is 0 Å². The average Bonchev–Trinajstić information content (AvgIpc) is 2.31. The van der Waals surface area contributed by atoms with E-state index in [9.17, 15) is 26.0 Å². The lowest BCUT2D eigenvalue weighted by atomic mass is 11.3. The second-order valence-electron chi connectivity index (χ2n) is 1.85. The molecule has 0 bridgehead atoms. The van der Waals surface area contributed by atoms with E-state index in [1.165, 1.54) is 0 Å². The van der Waals surface area contributed by atoms with Crippen molar-refractivity contribution < 1.29 is 26.0 Å². The zero-order valence-corrected chi connectivity index (χ0v) is 7.62. The lowest BCUT2D eigenvalue weighted by Gasteiger charge is -2.12. The molecule has 1 aromatic rings. The Kier molecular flexibility index (Phi) is 2.63. The molecule has 0 saturated heterocycles. The lowest BCUT2D eigenvalue weighted by Crippen LogP contribution is -2.20. The first-order valence-electron chi connectivity index (χ1n) is 2.76. The summed E-state index contributed by atoms with van der Waals surface area (Å²) in [5, 5.41) is 3.35. The van der Waals surface area contributed by atoms with Crippen molar-refractivity contribution in [2.24, 2.45) is 0 Å². The Hall–Kier alpha value is -0.970. The zero-order valence-electron chi connectivity index (χ0n) is 5.99. The summed E-state index contributed by atoms with van der Waals surface area (Å²) < 4.78 is 70.2. The summed E-state index contributed by atoms with van der Waals surface area (Å²) in [5.41, 5.74) is -5.52. The predicted octanol–water partition coefficient (Wildman–Crippen LogP) is 1.53. The molecule has 0 unspecified atom stereocenters. The van der Waals surface area contributed by atoms with Gasteiger partial charge in [-0.1, -0.05) is 11.3 Å². The maximum Gasteiger partial charge on any atom is 0.499 e. The van der Waals surface area contributed by atoms with Crippen molar-refractivity contribution in [3.05, 3.63) is 9.98 Å². The minimum atomic E-state index is -5.67. The molecule has 0 aliphatic heterocycles. The van der Waals surface area contributed by atoms with Crippen LogP contribution in [0.15, 0.2) is 0 Å². The van der Waals surface area contributed by atoms with Gasteiger partial charge in [0.2, 0.25) is 0 Å². The predicted molar refractivity (Wildman–Crippen MR) is 37.9 cm³/mol. The molecule has 0 atom stereocenters. The van der Waals surface area contributed by atoms with Crippen LogP contribution in [0, 0.1) is 5.26 Å². The maximum atomic E-state index is 12.1. The van der Waals surface area contributed by atoms with Gasteiger partial charge in [0.25, 0.3) is 15.3 Å². The third kappa shape index (κ3) is 2.29. The molecule has 0 aromatic carbocycles. The lowest BCUT2D eigenvalue weighted by molar-refractivity contribution is -0.0425. The van der Waals surface area contributed by atoms with E-state index in [1.54, 1.807) is 0 Å². The van der Waals surface area contributed by atoms with Crippen molar-refractivity contribution in [2.75, 3.05) is 0 Å². The van der Waals surface area contributed by atoms with E-state index in [1.807, 2.05) is 0 Å². The highest BCUT2D eigenvalue weighted by atomic mass is 32.2. The fourth-order valence-corrected chi connectivity index (χ4v) is 1.49. The Morgan fingerprint density at radius 1 is 1.29 bits per heavy atom. The van der Waals surface area contributed by atoms with Gasteiger partial charge in [0.1, 0.15) is 0 Å². The van der Waals surface area contributed by atoms with Crippen LogP contribution >= 0.6 is 11.3 Å². The Labute approximate surface area is 78.8 Å². The van der Waals surface area contributed by atoms with Gasteiger partial charge in [0.05, 0.1) is 0 Å². The first kappa shape index (κ1) is 11.1. The quantitative estimate of drug-likeness (QED) is 0.746. The summed E-state index contributed by atoms with van der Waals surface area (Å²) in [7, 11) is -5.67. The number of rotatable bonds is 2. The van der Waals surface area contributed by atoms with Crippen LogP contribution in [0.4, 0.5) is 22.7 Å². The minimum Gasteiger partial charge on any atom is -0.339 e. The van der Waals surface area contributed by atoms with E-state index in [-0.39, 0.29) is 11.3 Å². The van der Waals surface area contributed by atoms with Crippen molar-refractivity contribution >= 4 is 26.5 Å². The van der Waals surface area contributed by atoms with Crippen molar-refractivity contribution in [2.45, 2.75) is 5.51 Å². The van der Waals surface area contributed by atoms with Gasteiger partial charge in [-0.05, 0) is 0 Å². The molecule has 1 rings (SSSR count). The van der Waals surface area contributed by atoms with E-state index < -0.39 is 25.9 Å². The normalized spacial score (nSPS) is 12.9. The van der Waals surface area contributed by atoms with Crippen LogP contribution in [0.25, 0.3) is 4.72 Å². The van der Waals surface area contributed by atoms with E-state index in [0.29, 0.717) is 0 Å². The molecule has 1 aromatic heterocycles. The summed E-state index contributed by atoms with van der Waals surface area (Å²) in [5.74, 6) is 0. The molecular formula is C3F4N3O2S2-. The van der Waals surface area contributed by atoms with E-state index in [0.717, 1.165) is 0 Å². The Bertz CT molecular complexity index is 423. The highest BCUT2D eigenvalue weighted by Gasteiger charge is 2.43. The van der Waals surface area contributed by atoms with Crippen molar-refractivity contribution in [3.63, 3.8) is 0 Å². The van der Waals surface area contributed by atoms with Crippen LogP contribution in [0.2, 0.25) is 0 Å². The second-order valence-corrected chi connectivity index (χ2v) is 4.35. The summed E-state index contributed by atoms with van der Waals surface area (Å²) in [4.78, 5) is 0. The third-order valence-electron chi connectivity index (χ3n) is 0.880. The van der Waals surface area contributed by atoms with Crippen LogP contribution in [0.5, 0.6) is 0 Å². The molecule has 80 valence electrons. The second kappa shape index (κ2) is 3.31. The topological polar surface area (TPSA) is 74.0 Å². The van der Waals surface area contributed by atoms with Crippen LogP contribution in [0.3, 0.4) is 0 Å². The largest absolute Gasteiger partial charge is 0.499 e. The molecule has 0 N–H and O–H groups in total. The van der Waals surface area contributed by atoms with Gasteiger partial charge in [-0.3, -0.25) is 0 Å². The SMILES string of the molecule is O=S(=O)([N-]c1nnc(F)s1)C(F)(F)F. The number of hydrogen-bond acceptors (Lipinski definition) is 5. The molecular weight excluding hydrogens is 250 g/mol. The Morgan fingerprint density at radius 3 is 2.21 bits per heavy atom.